The van der Waals surface area contributed by atoms with E-state index in [9.17, 15) is 9.90 Å². The lowest BCUT2D eigenvalue weighted by Gasteiger charge is -2.60. The van der Waals surface area contributed by atoms with Crippen molar-refractivity contribution in [3.63, 3.8) is 0 Å². The number of allylic oxidation sites excluding steroid dienone is 3. The van der Waals surface area contributed by atoms with E-state index in [1.807, 2.05) is 0 Å². The number of hydrogen-bond donors (Lipinski definition) is 1. The van der Waals surface area contributed by atoms with Gasteiger partial charge in [0.05, 0.1) is 19.1 Å². The van der Waals surface area contributed by atoms with Crippen molar-refractivity contribution in [2.45, 2.75) is 58.8 Å². The second-order valence-corrected chi connectivity index (χ2v) is 9.06. The molecule has 1 N–H and O–H groups in total. The molecule has 24 heavy (non-hydrogen) atoms. The van der Waals surface area contributed by atoms with E-state index >= 15 is 0 Å². The van der Waals surface area contributed by atoms with Crippen LogP contribution in [0, 0.1) is 28.1 Å². The molecule has 0 aromatic rings. The molecule has 0 heterocycles. The van der Waals surface area contributed by atoms with Gasteiger partial charge in [-0.1, -0.05) is 31.1 Å². The molecule has 0 amide bonds. The third-order valence-electron chi connectivity index (χ3n) is 8.00. The predicted octanol–water partition coefficient (Wildman–Crippen LogP) is 4.02. The highest BCUT2D eigenvalue weighted by Crippen LogP contribution is 2.69. The molecule has 0 radical (unpaired) electrons. The summed E-state index contributed by atoms with van der Waals surface area (Å²) in [6.45, 7) is 4.73. The molecule has 0 unspecified atom stereocenters. The van der Waals surface area contributed by atoms with Gasteiger partial charge in [0.1, 0.15) is 0 Å². The molecule has 1 spiro atoms. The third kappa shape index (κ3) is 1.91. The Labute approximate surface area is 145 Å². The molecule has 5 atom stereocenters. The first kappa shape index (κ1) is 16.4. The van der Waals surface area contributed by atoms with Crippen molar-refractivity contribution in [2.24, 2.45) is 28.1 Å². The summed E-state index contributed by atoms with van der Waals surface area (Å²) in [6.07, 6.45) is 12.5. The number of carbonyl (C=O) groups excluding carboxylic acids is 1. The van der Waals surface area contributed by atoms with Crippen LogP contribution in [0.1, 0.15) is 58.8 Å². The van der Waals surface area contributed by atoms with E-state index in [2.05, 4.69) is 26.0 Å². The van der Waals surface area contributed by atoms with E-state index in [1.165, 1.54) is 25.5 Å². The van der Waals surface area contributed by atoms with E-state index in [0.29, 0.717) is 11.8 Å². The van der Waals surface area contributed by atoms with Gasteiger partial charge in [0.25, 0.3) is 0 Å². The van der Waals surface area contributed by atoms with Crippen molar-refractivity contribution < 1.29 is 14.6 Å². The van der Waals surface area contributed by atoms with Gasteiger partial charge in [0, 0.05) is 5.41 Å². The number of carbonyl (C=O) groups is 1. The largest absolute Gasteiger partial charge is 0.469 e. The average Bonchev–Trinajstić information content (AvgIpc) is 2.84. The highest BCUT2D eigenvalue weighted by Gasteiger charge is 2.61. The Kier molecular flexibility index (Phi) is 3.55. The minimum Gasteiger partial charge on any atom is -0.469 e. The zero-order valence-electron chi connectivity index (χ0n) is 15.2. The summed E-state index contributed by atoms with van der Waals surface area (Å²) in [5.41, 5.74) is 2.70. The summed E-state index contributed by atoms with van der Waals surface area (Å²) in [5, 5.41) is 9.73. The minimum atomic E-state index is -0.358. The fourth-order valence-corrected chi connectivity index (χ4v) is 6.99. The Hall–Kier alpha value is -1.09. The number of rotatable bonds is 2. The number of hydrogen-bond acceptors (Lipinski definition) is 3. The standard InChI is InChI=1S/C21H30O3/c1-19-8-4-9-20(2,18(23)24-3)16(19)7-10-21-11-14(5-6-17(19)21)15(12-21)13-22/h6,12,14,16,22H,4-5,7-11,13H2,1-3H3/t14-,16-,19+,20+,21-/m0/s1. The monoisotopic (exact) mass is 330 g/mol. The van der Waals surface area contributed by atoms with Crippen molar-refractivity contribution in [3.05, 3.63) is 23.3 Å². The summed E-state index contributed by atoms with van der Waals surface area (Å²) < 4.78 is 5.21. The maximum atomic E-state index is 12.6. The fourth-order valence-electron chi connectivity index (χ4n) is 6.99. The lowest BCUT2D eigenvalue weighted by molar-refractivity contribution is -0.164. The van der Waals surface area contributed by atoms with Gasteiger partial charge in [-0.3, -0.25) is 4.79 Å². The van der Waals surface area contributed by atoms with Crippen molar-refractivity contribution in [3.8, 4) is 0 Å². The van der Waals surface area contributed by atoms with Crippen LogP contribution < -0.4 is 0 Å². The molecule has 4 aliphatic carbocycles. The number of methoxy groups -OCH3 is 1. The van der Waals surface area contributed by atoms with E-state index in [-0.39, 0.29) is 28.8 Å². The van der Waals surface area contributed by atoms with Crippen LogP contribution in [-0.4, -0.2) is 24.8 Å². The topological polar surface area (TPSA) is 46.5 Å². The molecule has 132 valence electrons. The fraction of sp³-hybridized carbons (Fsp3) is 0.762. The maximum Gasteiger partial charge on any atom is 0.311 e. The highest BCUT2D eigenvalue weighted by molar-refractivity contribution is 5.77. The summed E-state index contributed by atoms with van der Waals surface area (Å²) in [5.74, 6) is 0.877. The van der Waals surface area contributed by atoms with E-state index in [1.54, 1.807) is 5.57 Å². The van der Waals surface area contributed by atoms with Gasteiger partial charge in [0.15, 0.2) is 0 Å². The predicted molar refractivity (Wildman–Crippen MR) is 93.2 cm³/mol. The molecule has 3 heteroatoms. The molecule has 2 fully saturated rings. The number of aliphatic hydroxyl groups is 1. The van der Waals surface area contributed by atoms with Gasteiger partial charge in [-0.05, 0) is 68.3 Å². The van der Waals surface area contributed by atoms with Crippen LogP contribution in [-0.2, 0) is 9.53 Å². The lowest BCUT2D eigenvalue weighted by atomic mass is 9.44. The van der Waals surface area contributed by atoms with Crippen LogP contribution in [0.25, 0.3) is 0 Å². The number of aliphatic hydroxyl groups excluding tert-OH is 1. The Balaban J connectivity index is 1.78. The molecule has 2 saturated carbocycles. The molecular formula is C21H30O3. The number of esters is 1. The van der Waals surface area contributed by atoms with Gasteiger partial charge in [-0.2, -0.15) is 0 Å². The Morgan fingerprint density at radius 2 is 2.12 bits per heavy atom. The first-order chi connectivity index (χ1) is 11.4. The van der Waals surface area contributed by atoms with Gasteiger partial charge in [-0.25, -0.2) is 0 Å². The molecule has 3 nitrogen and oxygen atoms in total. The molecule has 4 rings (SSSR count). The van der Waals surface area contributed by atoms with Crippen molar-refractivity contribution in [2.75, 3.05) is 13.7 Å². The molecule has 0 aliphatic heterocycles. The van der Waals surface area contributed by atoms with Crippen LogP contribution in [0.2, 0.25) is 0 Å². The highest BCUT2D eigenvalue weighted by atomic mass is 16.5. The molecule has 0 aromatic heterocycles. The summed E-state index contributed by atoms with van der Waals surface area (Å²) in [7, 11) is 1.53. The summed E-state index contributed by atoms with van der Waals surface area (Å²) in [6, 6.07) is 0. The van der Waals surface area contributed by atoms with Crippen molar-refractivity contribution in [1.82, 2.24) is 0 Å². The Morgan fingerprint density at radius 1 is 1.33 bits per heavy atom. The molecule has 0 saturated heterocycles. The second kappa shape index (κ2) is 5.20. The smallest absolute Gasteiger partial charge is 0.311 e. The number of ether oxygens (including phenoxy) is 1. The van der Waals surface area contributed by atoms with Gasteiger partial charge < -0.3 is 9.84 Å². The second-order valence-electron chi connectivity index (χ2n) is 9.06. The maximum absolute atomic E-state index is 12.6. The average molecular weight is 330 g/mol. The van der Waals surface area contributed by atoms with Gasteiger partial charge in [-0.15, -0.1) is 0 Å². The molecular weight excluding hydrogens is 300 g/mol. The number of fused-ring (bicyclic) bond motifs is 3. The first-order valence-corrected chi connectivity index (χ1v) is 9.52. The minimum absolute atomic E-state index is 0.0262. The van der Waals surface area contributed by atoms with Crippen molar-refractivity contribution >= 4 is 5.97 Å². The molecule has 0 aromatic carbocycles. The SMILES string of the molecule is COC(=O)[C@]1(C)CCC[C@@]2(C)C3=CC[C@H]4C[C@]3(C=C4CO)CC[C@H]12. The van der Waals surface area contributed by atoms with Crippen molar-refractivity contribution in [1.29, 1.82) is 0 Å². The zero-order chi connectivity index (χ0) is 17.2. The van der Waals surface area contributed by atoms with Crippen LogP contribution in [0.4, 0.5) is 0 Å². The van der Waals surface area contributed by atoms with Gasteiger partial charge in [0.2, 0.25) is 0 Å². The lowest BCUT2D eigenvalue weighted by Crippen LogP contribution is -2.54. The quantitative estimate of drug-likeness (QED) is 0.614. The molecule has 2 bridgehead atoms. The van der Waals surface area contributed by atoms with Gasteiger partial charge >= 0.3 is 5.97 Å². The normalized spacial score (nSPS) is 46.5. The first-order valence-electron chi connectivity index (χ1n) is 9.52. The Bertz CT molecular complexity index is 633. The van der Waals surface area contributed by atoms with Crippen LogP contribution in [0.3, 0.4) is 0 Å². The Morgan fingerprint density at radius 3 is 2.83 bits per heavy atom. The zero-order valence-corrected chi connectivity index (χ0v) is 15.2. The summed E-state index contributed by atoms with van der Waals surface area (Å²) in [4.78, 5) is 12.6. The van der Waals surface area contributed by atoms with Crippen LogP contribution in [0.5, 0.6) is 0 Å². The third-order valence-corrected chi connectivity index (χ3v) is 8.00. The molecule has 4 aliphatic rings. The van der Waals surface area contributed by atoms with Crippen LogP contribution in [0.15, 0.2) is 23.3 Å². The summed E-state index contributed by atoms with van der Waals surface area (Å²) >= 11 is 0. The van der Waals surface area contributed by atoms with E-state index in [4.69, 9.17) is 4.74 Å². The van der Waals surface area contributed by atoms with E-state index in [0.717, 1.165) is 32.1 Å². The van der Waals surface area contributed by atoms with Crippen LogP contribution >= 0.6 is 0 Å². The van der Waals surface area contributed by atoms with E-state index < -0.39 is 0 Å².